The number of ether oxygens (including phenoxy) is 1. The van der Waals surface area contributed by atoms with Crippen molar-refractivity contribution in [3.05, 3.63) is 36.0 Å². The van der Waals surface area contributed by atoms with Crippen molar-refractivity contribution in [1.82, 2.24) is 14.9 Å². The van der Waals surface area contributed by atoms with E-state index in [9.17, 15) is 13.5 Å². The second-order valence-corrected chi connectivity index (χ2v) is 5.57. The molecule has 0 fully saturated rings. The highest BCUT2D eigenvalue weighted by Crippen LogP contribution is 2.22. The zero-order valence-electron chi connectivity index (χ0n) is 10.6. The lowest BCUT2D eigenvalue weighted by atomic mass is 10.2. The van der Waals surface area contributed by atoms with Crippen LogP contribution in [0.2, 0.25) is 0 Å². The molecule has 0 saturated heterocycles. The van der Waals surface area contributed by atoms with E-state index in [0.717, 1.165) is 6.39 Å². The molecule has 8 nitrogen and oxygen atoms in total. The van der Waals surface area contributed by atoms with Crippen LogP contribution in [-0.4, -0.2) is 30.8 Å². The molecule has 0 spiro atoms. The van der Waals surface area contributed by atoms with Crippen molar-refractivity contribution in [2.75, 3.05) is 7.11 Å². The third kappa shape index (κ3) is 3.13. The predicted molar refractivity (Wildman–Crippen MR) is 67.2 cm³/mol. The number of benzene rings is 1. The van der Waals surface area contributed by atoms with Crippen molar-refractivity contribution in [1.29, 1.82) is 0 Å². The van der Waals surface area contributed by atoms with Gasteiger partial charge in [0.2, 0.25) is 16.4 Å². The Balaban J connectivity index is 2.20. The molecule has 1 aromatic heterocycles. The van der Waals surface area contributed by atoms with Crippen molar-refractivity contribution >= 4 is 10.0 Å². The summed E-state index contributed by atoms with van der Waals surface area (Å²) in [7, 11) is -2.29. The van der Waals surface area contributed by atoms with Gasteiger partial charge in [-0.3, -0.25) is 0 Å². The molecule has 2 N–H and O–H groups in total. The average molecular weight is 299 g/mol. The van der Waals surface area contributed by atoms with Crippen LogP contribution in [0.4, 0.5) is 0 Å². The number of hydrogen-bond acceptors (Lipinski definition) is 7. The highest BCUT2D eigenvalue weighted by atomic mass is 32.2. The Bertz CT molecular complexity index is 669. The molecule has 0 unspecified atom stereocenters. The van der Waals surface area contributed by atoms with Gasteiger partial charge in [0.1, 0.15) is 5.75 Å². The molecule has 2 aromatic rings. The number of nitrogens with one attached hydrogen (secondary N) is 1. The molecule has 108 valence electrons. The van der Waals surface area contributed by atoms with E-state index < -0.39 is 10.0 Å². The van der Waals surface area contributed by atoms with E-state index in [2.05, 4.69) is 19.4 Å². The Morgan fingerprint density at radius 1 is 1.45 bits per heavy atom. The maximum Gasteiger partial charge on any atom is 0.240 e. The smallest absolute Gasteiger partial charge is 0.240 e. The minimum absolute atomic E-state index is 0.0193. The van der Waals surface area contributed by atoms with Crippen LogP contribution in [0.1, 0.15) is 11.4 Å². The van der Waals surface area contributed by atoms with E-state index in [1.807, 2.05) is 0 Å². The largest absolute Gasteiger partial charge is 0.496 e. The maximum atomic E-state index is 12.1. The van der Waals surface area contributed by atoms with Crippen molar-refractivity contribution in [3.63, 3.8) is 0 Å². The van der Waals surface area contributed by atoms with E-state index in [1.165, 1.54) is 25.3 Å². The monoisotopic (exact) mass is 299 g/mol. The van der Waals surface area contributed by atoms with Gasteiger partial charge < -0.3 is 14.4 Å². The van der Waals surface area contributed by atoms with Crippen molar-refractivity contribution in [2.24, 2.45) is 0 Å². The maximum absolute atomic E-state index is 12.1. The summed E-state index contributed by atoms with van der Waals surface area (Å²) in [5.74, 6) is 0.647. The number of hydrogen-bond donors (Lipinski definition) is 2. The van der Waals surface area contributed by atoms with Gasteiger partial charge >= 0.3 is 0 Å². The molecule has 9 heteroatoms. The molecule has 20 heavy (non-hydrogen) atoms. The Hall–Kier alpha value is -1.97. The lowest BCUT2D eigenvalue weighted by Gasteiger charge is -2.09. The van der Waals surface area contributed by atoms with Gasteiger partial charge in [-0.15, -0.1) is 0 Å². The number of aliphatic hydroxyl groups excluding tert-OH is 1. The summed E-state index contributed by atoms with van der Waals surface area (Å²) < 4.78 is 36.0. The average Bonchev–Trinajstić information content (AvgIpc) is 2.97. The molecule has 2 rings (SSSR count). The van der Waals surface area contributed by atoms with Crippen molar-refractivity contribution in [3.8, 4) is 5.75 Å². The fraction of sp³-hybridized carbons (Fsp3) is 0.273. The summed E-state index contributed by atoms with van der Waals surface area (Å²) in [4.78, 5) is 3.73. The summed E-state index contributed by atoms with van der Waals surface area (Å²) in [5.41, 5.74) is 0.384. The third-order valence-electron chi connectivity index (χ3n) is 2.56. The Labute approximate surface area is 115 Å². The first kappa shape index (κ1) is 14.4. The first-order valence-electron chi connectivity index (χ1n) is 5.59. The molecule has 1 aromatic carbocycles. The number of aliphatic hydroxyl groups is 1. The van der Waals surface area contributed by atoms with Gasteiger partial charge in [0.15, 0.2) is 5.82 Å². The Morgan fingerprint density at radius 2 is 2.25 bits per heavy atom. The summed E-state index contributed by atoms with van der Waals surface area (Å²) in [6.07, 6.45) is 1.11. The molecule has 0 aliphatic carbocycles. The second kappa shape index (κ2) is 5.99. The van der Waals surface area contributed by atoms with Crippen LogP contribution in [0.25, 0.3) is 0 Å². The van der Waals surface area contributed by atoms with Gasteiger partial charge in [0.25, 0.3) is 0 Å². The fourth-order valence-electron chi connectivity index (χ4n) is 1.56. The summed E-state index contributed by atoms with van der Waals surface area (Å²) in [5, 5.41) is 12.7. The molecule has 0 saturated carbocycles. The van der Waals surface area contributed by atoms with E-state index in [0.29, 0.717) is 11.3 Å². The molecule has 0 aliphatic rings. The number of methoxy groups -OCH3 is 1. The molecular weight excluding hydrogens is 286 g/mol. The number of sulfonamides is 1. The molecule has 0 aliphatic heterocycles. The van der Waals surface area contributed by atoms with Gasteiger partial charge in [0.05, 0.1) is 25.2 Å². The molecule has 0 amide bonds. The van der Waals surface area contributed by atoms with Crippen LogP contribution in [0.15, 0.2) is 34.0 Å². The SMILES string of the molecule is COc1ccc(S(=O)(=O)NCc2ncon2)cc1CO. The molecule has 0 radical (unpaired) electrons. The zero-order chi connectivity index (χ0) is 14.6. The molecule has 1 heterocycles. The minimum Gasteiger partial charge on any atom is -0.496 e. The summed E-state index contributed by atoms with van der Waals surface area (Å²) in [6.45, 7) is -0.406. The van der Waals surface area contributed by atoms with Gasteiger partial charge in [-0.05, 0) is 18.2 Å². The predicted octanol–water partition coefficient (Wildman–Crippen LogP) is 0.0490. The lowest BCUT2D eigenvalue weighted by molar-refractivity contribution is 0.273. The fourth-order valence-corrected chi connectivity index (χ4v) is 2.59. The first-order chi connectivity index (χ1) is 9.56. The van der Waals surface area contributed by atoms with Crippen LogP contribution in [0.3, 0.4) is 0 Å². The normalized spacial score (nSPS) is 11.5. The van der Waals surface area contributed by atoms with E-state index in [-0.39, 0.29) is 23.9 Å². The minimum atomic E-state index is -3.73. The third-order valence-corrected chi connectivity index (χ3v) is 3.96. The Kier molecular flexibility index (Phi) is 4.32. The molecule has 0 bridgehead atoms. The number of nitrogens with zero attached hydrogens (tertiary/aromatic N) is 2. The van der Waals surface area contributed by atoms with Gasteiger partial charge in [-0.25, -0.2) is 13.1 Å². The zero-order valence-corrected chi connectivity index (χ0v) is 11.4. The number of aromatic nitrogens is 2. The highest BCUT2D eigenvalue weighted by Gasteiger charge is 2.17. The van der Waals surface area contributed by atoms with Crippen LogP contribution in [-0.2, 0) is 23.2 Å². The highest BCUT2D eigenvalue weighted by molar-refractivity contribution is 7.89. The van der Waals surface area contributed by atoms with E-state index in [1.54, 1.807) is 0 Å². The van der Waals surface area contributed by atoms with Crippen LogP contribution in [0, 0.1) is 0 Å². The van der Waals surface area contributed by atoms with E-state index >= 15 is 0 Å². The lowest BCUT2D eigenvalue weighted by Crippen LogP contribution is -2.24. The van der Waals surface area contributed by atoms with Crippen LogP contribution < -0.4 is 9.46 Å². The van der Waals surface area contributed by atoms with Crippen molar-refractivity contribution < 1.29 is 22.8 Å². The Morgan fingerprint density at radius 3 is 2.85 bits per heavy atom. The quantitative estimate of drug-likeness (QED) is 0.774. The van der Waals surface area contributed by atoms with Gasteiger partial charge in [0, 0.05) is 5.56 Å². The van der Waals surface area contributed by atoms with E-state index in [4.69, 9.17) is 4.74 Å². The number of rotatable bonds is 6. The van der Waals surface area contributed by atoms with Crippen molar-refractivity contribution in [2.45, 2.75) is 18.0 Å². The van der Waals surface area contributed by atoms with Crippen LogP contribution >= 0.6 is 0 Å². The topological polar surface area (TPSA) is 115 Å². The summed E-state index contributed by atoms with van der Waals surface area (Å²) in [6, 6.07) is 4.21. The van der Waals surface area contributed by atoms with Crippen LogP contribution in [0.5, 0.6) is 5.75 Å². The molecule has 0 atom stereocenters. The summed E-state index contributed by atoms with van der Waals surface area (Å²) >= 11 is 0. The van der Waals surface area contributed by atoms with Gasteiger partial charge in [-0.2, -0.15) is 4.98 Å². The second-order valence-electron chi connectivity index (χ2n) is 3.80. The van der Waals surface area contributed by atoms with Gasteiger partial charge in [-0.1, -0.05) is 5.16 Å². The first-order valence-corrected chi connectivity index (χ1v) is 7.08. The standard InChI is InChI=1S/C11H13N3O5S/c1-18-10-3-2-9(4-8(10)6-15)20(16,17)13-5-11-12-7-19-14-11/h2-4,7,13,15H,5-6H2,1H3. The molecular formula is C11H13N3O5S.